The van der Waals surface area contributed by atoms with E-state index in [9.17, 15) is 4.79 Å². The van der Waals surface area contributed by atoms with Crippen LogP contribution in [0.4, 0.5) is 0 Å². The summed E-state index contributed by atoms with van der Waals surface area (Å²) >= 11 is 0. The summed E-state index contributed by atoms with van der Waals surface area (Å²) in [5, 5.41) is 8.71. The Morgan fingerprint density at radius 1 is 1.37 bits per heavy atom. The molecule has 4 nitrogen and oxygen atoms in total. The molecule has 19 heavy (non-hydrogen) atoms. The fourth-order valence-electron chi connectivity index (χ4n) is 1.81. The molecular formula is C15H21NO3. The van der Waals surface area contributed by atoms with Gasteiger partial charge in [-0.1, -0.05) is 18.2 Å². The predicted octanol–water partition coefficient (Wildman–Crippen LogP) is 2.20. The quantitative estimate of drug-likeness (QED) is 0.694. The molecule has 1 N–H and O–H groups in total. The lowest BCUT2D eigenvalue weighted by molar-refractivity contribution is -0.137. The zero-order valence-electron chi connectivity index (χ0n) is 11.3. The zero-order valence-corrected chi connectivity index (χ0v) is 11.3. The molecule has 0 bridgehead atoms. The smallest absolute Gasteiger partial charge is 0.304 e. The lowest BCUT2D eigenvalue weighted by atomic mass is 10.1. The van der Waals surface area contributed by atoms with Crippen LogP contribution in [0.15, 0.2) is 36.9 Å². The minimum atomic E-state index is -0.765. The van der Waals surface area contributed by atoms with Crippen molar-refractivity contribution in [1.29, 1.82) is 0 Å². The SMILES string of the molecule is C=CCN(CCC(=O)O)CCc1ccc(OC)cc1. The largest absolute Gasteiger partial charge is 0.497 e. The molecule has 0 aliphatic heterocycles. The van der Waals surface area contributed by atoms with Crippen molar-refractivity contribution in [3.63, 3.8) is 0 Å². The first-order chi connectivity index (χ1) is 9.15. The van der Waals surface area contributed by atoms with Crippen molar-refractivity contribution in [2.75, 3.05) is 26.7 Å². The molecule has 0 spiro atoms. The molecule has 0 aliphatic carbocycles. The second-order valence-electron chi connectivity index (χ2n) is 4.33. The van der Waals surface area contributed by atoms with Crippen molar-refractivity contribution >= 4 is 5.97 Å². The van der Waals surface area contributed by atoms with Gasteiger partial charge in [0.05, 0.1) is 13.5 Å². The van der Waals surface area contributed by atoms with Crippen LogP contribution in [0.1, 0.15) is 12.0 Å². The summed E-state index contributed by atoms with van der Waals surface area (Å²) in [7, 11) is 1.65. The molecule has 0 saturated heterocycles. The molecule has 0 aromatic heterocycles. The number of hydrogen-bond acceptors (Lipinski definition) is 3. The van der Waals surface area contributed by atoms with Gasteiger partial charge in [0.1, 0.15) is 5.75 Å². The van der Waals surface area contributed by atoms with Gasteiger partial charge in [0.25, 0.3) is 0 Å². The van der Waals surface area contributed by atoms with Gasteiger partial charge in [-0.05, 0) is 24.1 Å². The number of carboxylic acid groups (broad SMARTS) is 1. The molecule has 0 unspecified atom stereocenters. The van der Waals surface area contributed by atoms with Gasteiger partial charge in [0.15, 0.2) is 0 Å². The lowest BCUT2D eigenvalue weighted by Crippen LogP contribution is -2.28. The Kier molecular flexibility index (Phi) is 6.68. The first kappa shape index (κ1) is 15.2. The summed E-state index contributed by atoms with van der Waals surface area (Å²) in [4.78, 5) is 12.7. The highest BCUT2D eigenvalue weighted by molar-refractivity contribution is 5.66. The van der Waals surface area contributed by atoms with E-state index in [1.54, 1.807) is 13.2 Å². The molecular weight excluding hydrogens is 242 g/mol. The van der Waals surface area contributed by atoms with E-state index in [0.29, 0.717) is 13.1 Å². The van der Waals surface area contributed by atoms with E-state index in [1.165, 1.54) is 5.56 Å². The van der Waals surface area contributed by atoms with E-state index in [1.807, 2.05) is 24.3 Å². The summed E-state index contributed by atoms with van der Waals surface area (Å²) in [6.45, 7) is 5.79. The Bertz CT molecular complexity index is 400. The number of nitrogens with zero attached hydrogens (tertiary/aromatic N) is 1. The maximum Gasteiger partial charge on any atom is 0.304 e. The van der Waals surface area contributed by atoms with Gasteiger partial charge in [-0.3, -0.25) is 9.69 Å². The third-order valence-electron chi connectivity index (χ3n) is 2.90. The van der Waals surface area contributed by atoms with E-state index in [0.717, 1.165) is 18.7 Å². The average molecular weight is 263 g/mol. The Hall–Kier alpha value is -1.81. The van der Waals surface area contributed by atoms with Crippen LogP contribution in [0, 0.1) is 0 Å². The molecule has 0 radical (unpaired) electrons. The van der Waals surface area contributed by atoms with Crippen LogP contribution in [-0.4, -0.2) is 42.7 Å². The van der Waals surface area contributed by atoms with Crippen molar-refractivity contribution in [2.24, 2.45) is 0 Å². The molecule has 0 atom stereocenters. The molecule has 4 heteroatoms. The van der Waals surface area contributed by atoms with Crippen LogP contribution in [0.25, 0.3) is 0 Å². The van der Waals surface area contributed by atoms with E-state index in [-0.39, 0.29) is 6.42 Å². The highest BCUT2D eigenvalue weighted by Gasteiger charge is 2.06. The van der Waals surface area contributed by atoms with Gasteiger partial charge in [-0.15, -0.1) is 6.58 Å². The van der Waals surface area contributed by atoms with Gasteiger partial charge in [-0.2, -0.15) is 0 Å². The minimum Gasteiger partial charge on any atom is -0.497 e. The fourth-order valence-corrected chi connectivity index (χ4v) is 1.81. The maximum atomic E-state index is 10.6. The molecule has 0 fully saturated rings. The van der Waals surface area contributed by atoms with Crippen LogP contribution >= 0.6 is 0 Å². The van der Waals surface area contributed by atoms with Crippen molar-refractivity contribution < 1.29 is 14.6 Å². The van der Waals surface area contributed by atoms with Crippen molar-refractivity contribution in [1.82, 2.24) is 4.90 Å². The standard InChI is InChI=1S/C15H21NO3/c1-3-10-16(12-9-15(17)18)11-8-13-4-6-14(19-2)7-5-13/h3-7H,1,8-12H2,2H3,(H,17,18). The number of hydrogen-bond donors (Lipinski definition) is 1. The Balaban J connectivity index is 2.45. The number of aliphatic carboxylic acids is 1. The number of methoxy groups -OCH3 is 1. The topological polar surface area (TPSA) is 49.8 Å². The third kappa shape index (κ3) is 6.06. The third-order valence-corrected chi connectivity index (χ3v) is 2.90. The summed E-state index contributed by atoms with van der Waals surface area (Å²) in [5.41, 5.74) is 1.21. The van der Waals surface area contributed by atoms with Crippen molar-refractivity contribution in [3.8, 4) is 5.75 Å². The van der Waals surface area contributed by atoms with Gasteiger partial charge in [0, 0.05) is 19.6 Å². The Labute approximate surface area is 114 Å². The van der Waals surface area contributed by atoms with E-state index in [2.05, 4.69) is 11.5 Å². The number of carboxylic acids is 1. The van der Waals surface area contributed by atoms with Gasteiger partial charge < -0.3 is 9.84 Å². The lowest BCUT2D eigenvalue weighted by Gasteiger charge is -2.19. The molecule has 0 amide bonds. The predicted molar refractivity (Wildman–Crippen MR) is 75.6 cm³/mol. The molecule has 0 heterocycles. The minimum absolute atomic E-state index is 0.163. The van der Waals surface area contributed by atoms with Gasteiger partial charge >= 0.3 is 5.97 Å². The molecule has 104 valence electrons. The van der Waals surface area contributed by atoms with Crippen molar-refractivity contribution in [2.45, 2.75) is 12.8 Å². The molecule has 1 aromatic carbocycles. The van der Waals surface area contributed by atoms with E-state index >= 15 is 0 Å². The van der Waals surface area contributed by atoms with Crippen LogP contribution in [0.3, 0.4) is 0 Å². The molecule has 0 saturated carbocycles. The fraction of sp³-hybridized carbons (Fsp3) is 0.400. The van der Waals surface area contributed by atoms with Gasteiger partial charge in [0.2, 0.25) is 0 Å². The number of ether oxygens (including phenoxy) is 1. The first-order valence-electron chi connectivity index (χ1n) is 6.33. The average Bonchev–Trinajstić information content (AvgIpc) is 2.42. The molecule has 0 aliphatic rings. The molecule has 1 aromatic rings. The summed E-state index contributed by atoms with van der Waals surface area (Å²) in [6, 6.07) is 7.93. The second-order valence-corrected chi connectivity index (χ2v) is 4.33. The summed E-state index contributed by atoms with van der Waals surface area (Å²) in [6.07, 6.45) is 2.85. The Morgan fingerprint density at radius 2 is 2.05 bits per heavy atom. The number of benzene rings is 1. The summed E-state index contributed by atoms with van der Waals surface area (Å²) in [5.74, 6) is 0.0797. The van der Waals surface area contributed by atoms with E-state index in [4.69, 9.17) is 9.84 Å². The maximum absolute atomic E-state index is 10.6. The van der Waals surface area contributed by atoms with Crippen molar-refractivity contribution in [3.05, 3.63) is 42.5 Å². The molecule has 1 rings (SSSR count). The normalized spacial score (nSPS) is 10.4. The highest BCUT2D eigenvalue weighted by Crippen LogP contribution is 2.12. The first-order valence-corrected chi connectivity index (χ1v) is 6.33. The van der Waals surface area contributed by atoms with Crippen LogP contribution in [0.2, 0.25) is 0 Å². The Morgan fingerprint density at radius 3 is 2.58 bits per heavy atom. The number of carbonyl (C=O) groups is 1. The highest BCUT2D eigenvalue weighted by atomic mass is 16.5. The van der Waals surface area contributed by atoms with Crippen LogP contribution in [-0.2, 0) is 11.2 Å². The van der Waals surface area contributed by atoms with Crippen LogP contribution in [0.5, 0.6) is 5.75 Å². The van der Waals surface area contributed by atoms with E-state index < -0.39 is 5.97 Å². The zero-order chi connectivity index (χ0) is 14.1. The number of rotatable bonds is 9. The monoisotopic (exact) mass is 263 g/mol. The second kappa shape index (κ2) is 8.32. The van der Waals surface area contributed by atoms with Gasteiger partial charge in [-0.25, -0.2) is 0 Å². The summed E-state index contributed by atoms with van der Waals surface area (Å²) < 4.78 is 5.11. The van der Waals surface area contributed by atoms with Crippen LogP contribution < -0.4 is 4.74 Å².